The fourth-order valence-corrected chi connectivity index (χ4v) is 1.69. The summed E-state index contributed by atoms with van der Waals surface area (Å²) in [5.41, 5.74) is 2.28. The van der Waals surface area contributed by atoms with Crippen LogP contribution in [-0.4, -0.2) is 13.1 Å². The van der Waals surface area contributed by atoms with Crippen molar-refractivity contribution in [1.29, 1.82) is 0 Å². The number of methoxy groups -OCH3 is 1. The lowest BCUT2D eigenvalue weighted by Crippen LogP contribution is -2.08. The largest absolute Gasteiger partial charge is 0.467 e. The second kappa shape index (κ2) is 5.40. The highest BCUT2D eigenvalue weighted by molar-refractivity contribution is 5.95. The van der Waals surface area contributed by atoms with Gasteiger partial charge in [0.25, 0.3) is 0 Å². The molecule has 94 valence electrons. The number of carbonyl (C=O) groups excluding carboxylic acids is 1. The minimum atomic E-state index is -0.347. The summed E-state index contributed by atoms with van der Waals surface area (Å²) in [6.07, 6.45) is 1.62. The van der Waals surface area contributed by atoms with Crippen LogP contribution < -0.4 is 5.32 Å². The molecule has 1 heterocycles. The van der Waals surface area contributed by atoms with Gasteiger partial charge in [0.1, 0.15) is 5.76 Å². The molecule has 0 unspecified atom stereocenters. The number of anilines is 1. The quantitative estimate of drug-likeness (QED) is 0.841. The van der Waals surface area contributed by atoms with Gasteiger partial charge in [-0.25, -0.2) is 4.79 Å². The second-order valence-electron chi connectivity index (χ2n) is 3.97. The number of rotatable bonds is 4. The number of carbonyl (C=O) groups is 1. The van der Waals surface area contributed by atoms with Gasteiger partial charge >= 0.3 is 5.97 Å². The topological polar surface area (TPSA) is 51.5 Å². The third kappa shape index (κ3) is 2.71. The molecule has 2 rings (SSSR count). The zero-order valence-electron chi connectivity index (χ0n) is 10.4. The summed E-state index contributed by atoms with van der Waals surface area (Å²) < 4.78 is 9.99. The Kier molecular flexibility index (Phi) is 3.67. The van der Waals surface area contributed by atoms with E-state index in [1.54, 1.807) is 12.3 Å². The van der Waals surface area contributed by atoms with Gasteiger partial charge in [0.2, 0.25) is 0 Å². The molecule has 4 heteroatoms. The van der Waals surface area contributed by atoms with E-state index < -0.39 is 0 Å². The molecule has 0 atom stereocenters. The molecule has 0 aliphatic rings. The van der Waals surface area contributed by atoms with Crippen molar-refractivity contribution in [2.75, 3.05) is 12.4 Å². The molecule has 0 saturated heterocycles. The number of benzene rings is 1. The highest BCUT2D eigenvalue weighted by Gasteiger charge is 2.12. The lowest BCUT2D eigenvalue weighted by atomic mass is 10.1. The number of furan rings is 1. The molecule has 18 heavy (non-hydrogen) atoms. The van der Waals surface area contributed by atoms with E-state index in [1.165, 1.54) is 7.11 Å². The van der Waals surface area contributed by atoms with E-state index in [0.29, 0.717) is 12.1 Å². The molecule has 1 aromatic heterocycles. The lowest BCUT2D eigenvalue weighted by molar-refractivity contribution is 0.0601. The molecule has 0 aliphatic carbocycles. The maximum atomic E-state index is 11.7. The van der Waals surface area contributed by atoms with Gasteiger partial charge < -0.3 is 14.5 Å². The molecule has 0 amide bonds. The van der Waals surface area contributed by atoms with Gasteiger partial charge in [0.15, 0.2) is 0 Å². The van der Waals surface area contributed by atoms with Gasteiger partial charge in [0, 0.05) is 5.69 Å². The highest BCUT2D eigenvalue weighted by atomic mass is 16.5. The van der Waals surface area contributed by atoms with Gasteiger partial charge in [-0.15, -0.1) is 0 Å². The van der Waals surface area contributed by atoms with Crippen molar-refractivity contribution in [1.82, 2.24) is 0 Å². The summed E-state index contributed by atoms with van der Waals surface area (Å²) in [7, 11) is 1.38. The van der Waals surface area contributed by atoms with Gasteiger partial charge in [-0.05, 0) is 31.2 Å². The standard InChI is InChI=1S/C14H15NO3/c1-10-5-6-13(12(8-10)14(16)17-2)15-9-11-4-3-7-18-11/h3-8,15H,9H2,1-2H3. The molecule has 0 spiro atoms. The Morgan fingerprint density at radius 1 is 1.39 bits per heavy atom. The normalized spacial score (nSPS) is 10.1. The van der Waals surface area contributed by atoms with Crippen LogP contribution in [0.4, 0.5) is 5.69 Å². The molecule has 1 aromatic carbocycles. The third-order valence-electron chi connectivity index (χ3n) is 2.61. The van der Waals surface area contributed by atoms with Crippen LogP contribution in [-0.2, 0) is 11.3 Å². The van der Waals surface area contributed by atoms with E-state index in [4.69, 9.17) is 9.15 Å². The predicted molar refractivity (Wildman–Crippen MR) is 68.6 cm³/mol. The summed E-state index contributed by atoms with van der Waals surface area (Å²) in [6.45, 7) is 2.46. The van der Waals surface area contributed by atoms with Gasteiger partial charge in [-0.1, -0.05) is 11.6 Å². The number of nitrogens with one attached hydrogen (secondary N) is 1. The van der Waals surface area contributed by atoms with Crippen molar-refractivity contribution < 1.29 is 13.9 Å². The Morgan fingerprint density at radius 2 is 2.22 bits per heavy atom. The number of aryl methyl sites for hydroxylation is 1. The van der Waals surface area contributed by atoms with Crippen LogP contribution in [0.3, 0.4) is 0 Å². The van der Waals surface area contributed by atoms with Crippen LogP contribution in [0.1, 0.15) is 21.7 Å². The molecule has 0 aliphatic heterocycles. The minimum Gasteiger partial charge on any atom is -0.467 e. The molecular formula is C14H15NO3. The SMILES string of the molecule is COC(=O)c1cc(C)ccc1NCc1ccco1. The lowest BCUT2D eigenvalue weighted by Gasteiger charge is -2.10. The smallest absolute Gasteiger partial charge is 0.339 e. The first-order valence-corrected chi connectivity index (χ1v) is 5.66. The summed E-state index contributed by atoms with van der Waals surface area (Å²) in [5, 5.41) is 3.16. The first kappa shape index (κ1) is 12.2. The van der Waals surface area contributed by atoms with E-state index in [2.05, 4.69) is 5.32 Å². The second-order valence-corrected chi connectivity index (χ2v) is 3.97. The fourth-order valence-electron chi connectivity index (χ4n) is 1.69. The maximum Gasteiger partial charge on any atom is 0.339 e. The van der Waals surface area contributed by atoms with E-state index >= 15 is 0 Å². The highest BCUT2D eigenvalue weighted by Crippen LogP contribution is 2.19. The molecular weight excluding hydrogens is 230 g/mol. The number of esters is 1. The number of hydrogen-bond acceptors (Lipinski definition) is 4. The van der Waals surface area contributed by atoms with E-state index in [1.807, 2.05) is 31.2 Å². The Morgan fingerprint density at radius 3 is 2.89 bits per heavy atom. The van der Waals surface area contributed by atoms with Crippen LogP contribution >= 0.6 is 0 Å². The fraction of sp³-hybridized carbons (Fsp3) is 0.214. The summed E-state index contributed by atoms with van der Waals surface area (Å²) >= 11 is 0. The van der Waals surface area contributed by atoms with Crippen LogP contribution in [0.15, 0.2) is 41.0 Å². The van der Waals surface area contributed by atoms with Crippen molar-refractivity contribution >= 4 is 11.7 Å². The average Bonchev–Trinajstić information content (AvgIpc) is 2.89. The van der Waals surface area contributed by atoms with Gasteiger partial charge in [-0.3, -0.25) is 0 Å². The van der Waals surface area contributed by atoms with Crippen LogP contribution in [0.25, 0.3) is 0 Å². The molecule has 2 aromatic rings. The predicted octanol–water partition coefficient (Wildman–Crippen LogP) is 2.99. The van der Waals surface area contributed by atoms with Crippen LogP contribution in [0, 0.1) is 6.92 Å². The Labute approximate surface area is 106 Å². The van der Waals surface area contributed by atoms with Crippen LogP contribution in [0.5, 0.6) is 0 Å². The van der Waals surface area contributed by atoms with Crippen molar-refractivity contribution in [2.24, 2.45) is 0 Å². The Hall–Kier alpha value is -2.23. The molecule has 4 nitrogen and oxygen atoms in total. The average molecular weight is 245 g/mol. The van der Waals surface area contributed by atoms with E-state index in [-0.39, 0.29) is 5.97 Å². The Bertz CT molecular complexity index is 532. The van der Waals surface area contributed by atoms with Gasteiger partial charge in [0.05, 0.1) is 25.5 Å². The molecule has 0 bridgehead atoms. The van der Waals surface area contributed by atoms with E-state index in [0.717, 1.165) is 17.0 Å². The molecule has 1 N–H and O–H groups in total. The van der Waals surface area contributed by atoms with Gasteiger partial charge in [-0.2, -0.15) is 0 Å². The molecule has 0 saturated carbocycles. The summed E-state index contributed by atoms with van der Waals surface area (Å²) in [6, 6.07) is 9.31. The van der Waals surface area contributed by atoms with E-state index in [9.17, 15) is 4.79 Å². The maximum absolute atomic E-state index is 11.7. The number of ether oxygens (including phenoxy) is 1. The van der Waals surface area contributed by atoms with Crippen molar-refractivity contribution in [3.05, 3.63) is 53.5 Å². The zero-order valence-corrected chi connectivity index (χ0v) is 10.4. The first-order chi connectivity index (χ1) is 8.70. The van der Waals surface area contributed by atoms with Crippen molar-refractivity contribution in [3.8, 4) is 0 Å². The first-order valence-electron chi connectivity index (χ1n) is 5.66. The Balaban J connectivity index is 2.18. The number of hydrogen-bond donors (Lipinski definition) is 1. The molecule has 0 fully saturated rings. The minimum absolute atomic E-state index is 0.347. The summed E-state index contributed by atoms with van der Waals surface area (Å²) in [4.78, 5) is 11.7. The zero-order chi connectivity index (χ0) is 13.0. The monoisotopic (exact) mass is 245 g/mol. The van der Waals surface area contributed by atoms with Crippen molar-refractivity contribution in [2.45, 2.75) is 13.5 Å². The third-order valence-corrected chi connectivity index (χ3v) is 2.61. The van der Waals surface area contributed by atoms with Crippen molar-refractivity contribution in [3.63, 3.8) is 0 Å². The van der Waals surface area contributed by atoms with Crippen LogP contribution in [0.2, 0.25) is 0 Å². The summed E-state index contributed by atoms with van der Waals surface area (Å²) in [5.74, 6) is 0.465. The molecule has 0 radical (unpaired) electrons.